The minimum absolute atomic E-state index is 0.00268. The molecule has 0 saturated heterocycles. The molecule has 6 heteroatoms. The van der Waals surface area contributed by atoms with Crippen LogP contribution in [0.15, 0.2) is 60.2 Å². The van der Waals surface area contributed by atoms with Gasteiger partial charge in [-0.3, -0.25) is 4.79 Å². The predicted octanol–water partition coefficient (Wildman–Crippen LogP) is 2.73. The third-order valence-corrected chi connectivity index (χ3v) is 3.07. The van der Waals surface area contributed by atoms with Gasteiger partial charge in [0.05, 0.1) is 13.3 Å². The fourth-order valence-corrected chi connectivity index (χ4v) is 1.87. The first-order chi connectivity index (χ1) is 11.6. The Bertz CT molecular complexity index is 739. The molecule has 2 N–H and O–H groups in total. The molecule has 6 nitrogen and oxygen atoms in total. The fraction of sp³-hybridized carbons (Fsp3) is 0.111. The predicted molar refractivity (Wildman–Crippen MR) is 91.9 cm³/mol. The number of nitrogens with zero attached hydrogens (tertiary/aromatic N) is 1. The molecule has 0 aliphatic heterocycles. The molecule has 0 aromatic heterocycles. The lowest BCUT2D eigenvalue weighted by molar-refractivity contribution is 0.0955. The van der Waals surface area contributed by atoms with Crippen molar-refractivity contribution in [2.45, 2.75) is 0 Å². The van der Waals surface area contributed by atoms with E-state index in [2.05, 4.69) is 17.1 Å². The van der Waals surface area contributed by atoms with Crippen LogP contribution in [0.3, 0.4) is 0 Å². The van der Waals surface area contributed by atoms with E-state index in [1.54, 1.807) is 42.5 Å². The summed E-state index contributed by atoms with van der Waals surface area (Å²) in [5.74, 6) is 0.681. The first-order valence-electron chi connectivity index (χ1n) is 7.18. The second kappa shape index (κ2) is 8.38. The van der Waals surface area contributed by atoms with Gasteiger partial charge in [0.1, 0.15) is 12.4 Å². The van der Waals surface area contributed by atoms with Crippen molar-refractivity contribution in [1.29, 1.82) is 0 Å². The van der Waals surface area contributed by atoms with Gasteiger partial charge in [-0.05, 0) is 48.0 Å². The van der Waals surface area contributed by atoms with Crippen LogP contribution in [0.2, 0.25) is 0 Å². The van der Waals surface area contributed by atoms with Gasteiger partial charge < -0.3 is 14.6 Å². The first-order valence-corrected chi connectivity index (χ1v) is 7.18. The van der Waals surface area contributed by atoms with Crippen molar-refractivity contribution in [3.63, 3.8) is 0 Å². The zero-order valence-electron chi connectivity index (χ0n) is 13.2. The lowest BCUT2D eigenvalue weighted by Crippen LogP contribution is -2.17. The van der Waals surface area contributed by atoms with E-state index < -0.39 is 0 Å². The van der Waals surface area contributed by atoms with Crippen molar-refractivity contribution >= 4 is 12.1 Å². The SMILES string of the molecule is C=CCOc1ccc(C(=O)NN=Cc2ccc(OC)c(O)c2)cc1. The number of carbonyl (C=O) groups excluding carboxylic acids is 1. The summed E-state index contributed by atoms with van der Waals surface area (Å²) >= 11 is 0. The minimum atomic E-state index is -0.348. The van der Waals surface area contributed by atoms with Crippen LogP contribution in [0, 0.1) is 0 Å². The van der Waals surface area contributed by atoms with Gasteiger partial charge in [0.25, 0.3) is 5.91 Å². The average molecular weight is 326 g/mol. The maximum atomic E-state index is 12.0. The van der Waals surface area contributed by atoms with E-state index in [0.29, 0.717) is 29.2 Å². The van der Waals surface area contributed by atoms with E-state index >= 15 is 0 Å². The molecule has 0 aliphatic rings. The zero-order chi connectivity index (χ0) is 17.4. The second-order valence-electron chi connectivity index (χ2n) is 4.75. The third-order valence-electron chi connectivity index (χ3n) is 3.07. The summed E-state index contributed by atoms with van der Waals surface area (Å²) in [6, 6.07) is 11.5. The molecular formula is C18H18N2O4. The lowest BCUT2D eigenvalue weighted by atomic mass is 10.2. The molecule has 0 aliphatic carbocycles. The van der Waals surface area contributed by atoms with Gasteiger partial charge in [0, 0.05) is 5.56 Å². The number of carbonyl (C=O) groups is 1. The van der Waals surface area contributed by atoms with Gasteiger partial charge in [-0.25, -0.2) is 5.43 Å². The smallest absolute Gasteiger partial charge is 0.271 e. The van der Waals surface area contributed by atoms with E-state index in [0.717, 1.165) is 0 Å². The molecule has 124 valence electrons. The molecule has 0 bridgehead atoms. The Balaban J connectivity index is 1.94. The molecule has 2 aromatic carbocycles. The van der Waals surface area contributed by atoms with Crippen molar-refractivity contribution in [1.82, 2.24) is 5.43 Å². The molecule has 1 amide bonds. The Morgan fingerprint density at radius 3 is 2.67 bits per heavy atom. The molecule has 0 unspecified atom stereocenters. The number of hydrogen-bond acceptors (Lipinski definition) is 5. The molecular weight excluding hydrogens is 308 g/mol. The van der Waals surface area contributed by atoms with Gasteiger partial charge in [-0.15, -0.1) is 0 Å². The van der Waals surface area contributed by atoms with Crippen molar-refractivity contribution in [3.8, 4) is 17.2 Å². The highest BCUT2D eigenvalue weighted by Gasteiger charge is 2.04. The molecule has 2 rings (SSSR count). The van der Waals surface area contributed by atoms with Gasteiger partial charge >= 0.3 is 0 Å². The van der Waals surface area contributed by atoms with Crippen LogP contribution in [0.25, 0.3) is 0 Å². The van der Waals surface area contributed by atoms with E-state index in [-0.39, 0.29) is 11.7 Å². The Labute approximate surface area is 140 Å². The van der Waals surface area contributed by atoms with Crippen LogP contribution < -0.4 is 14.9 Å². The number of hydrogen-bond donors (Lipinski definition) is 2. The number of hydrazone groups is 1. The number of aromatic hydroxyl groups is 1. The molecule has 24 heavy (non-hydrogen) atoms. The van der Waals surface area contributed by atoms with Crippen molar-refractivity contribution in [3.05, 3.63) is 66.2 Å². The van der Waals surface area contributed by atoms with Crippen LogP contribution in [-0.4, -0.2) is 30.9 Å². The van der Waals surface area contributed by atoms with Crippen LogP contribution in [0.5, 0.6) is 17.2 Å². The molecule has 2 aromatic rings. The monoisotopic (exact) mass is 326 g/mol. The molecule has 0 heterocycles. The maximum absolute atomic E-state index is 12.0. The molecule has 0 saturated carbocycles. The highest BCUT2D eigenvalue weighted by atomic mass is 16.5. The lowest BCUT2D eigenvalue weighted by Gasteiger charge is -2.04. The minimum Gasteiger partial charge on any atom is -0.504 e. The van der Waals surface area contributed by atoms with Crippen LogP contribution in [0.4, 0.5) is 0 Å². The Morgan fingerprint density at radius 1 is 1.29 bits per heavy atom. The maximum Gasteiger partial charge on any atom is 0.271 e. The average Bonchev–Trinajstić information content (AvgIpc) is 2.60. The molecule has 0 fully saturated rings. The number of nitrogens with one attached hydrogen (secondary N) is 1. The number of methoxy groups -OCH3 is 1. The Kier molecular flexibility index (Phi) is 5.96. The van der Waals surface area contributed by atoms with Crippen LogP contribution in [-0.2, 0) is 0 Å². The van der Waals surface area contributed by atoms with Crippen molar-refractivity contribution in [2.24, 2.45) is 5.10 Å². The number of phenols is 1. The second-order valence-corrected chi connectivity index (χ2v) is 4.75. The van der Waals surface area contributed by atoms with E-state index in [1.165, 1.54) is 19.4 Å². The van der Waals surface area contributed by atoms with Gasteiger partial charge in [-0.2, -0.15) is 5.10 Å². The third kappa shape index (κ3) is 4.61. The van der Waals surface area contributed by atoms with Crippen LogP contribution in [0.1, 0.15) is 15.9 Å². The number of phenolic OH excluding ortho intramolecular Hbond substituents is 1. The largest absolute Gasteiger partial charge is 0.504 e. The summed E-state index contributed by atoms with van der Waals surface area (Å²) in [6.45, 7) is 3.97. The fourth-order valence-electron chi connectivity index (χ4n) is 1.87. The quantitative estimate of drug-likeness (QED) is 0.466. The topological polar surface area (TPSA) is 80.2 Å². The zero-order valence-corrected chi connectivity index (χ0v) is 13.2. The number of ether oxygens (including phenoxy) is 2. The number of benzene rings is 2. The van der Waals surface area contributed by atoms with Crippen molar-refractivity contribution < 1.29 is 19.4 Å². The summed E-state index contributed by atoms with van der Waals surface area (Å²) in [4.78, 5) is 12.0. The summed E-state index contributed by atoms with van der Waals surface area (Å²) in [7, 11) is 1.47. The summed E-state index contributed by atoms with van der Waals surface area (Å²) in [5.41, 5.74) is 3.50. The first kappa shape index (κ1) is 17.1. The van der Waals surface area contributed by atoms with Gasteiger partial charge in [0.15, 0.2) is 11.5 Å². The highest BCUT2D eigenvalue weighted by molar-refractivity contribution is 5.95. The standard InChI is InChI=1S/C18H18N2O4/c1-3-10-24-15-7-5-14(6-8-15)18(22)20-19-12-13-4-9-17(23-2)16(21)11-13/h3-9,11-12,21H,1,10H2,2H3,(H,20,22). The van der Waals surface area contributed by atoms with E-state index in [9.17, 15) is 9.90 Å². The molecule has 0 atom stereocenters. The Morgan fingerprint density at radius 2 is 2.04 bits per heavy atom. The Hall–Kier alpha value is -3.28. The summed E-state index contributed by atoms with van der Waals surface area (Å²) < 4.78 is 10.3. The normalized spacial score (nSPS) is 10.4. The highest BCUT2D eigenvalue weighted by Crippen LogP contribution is 2.25. The number of rotatable bonds is 7. The van der Waals surface area contributed by atoms with Gasteiger partial charge in [-0.1, -0.05) is 12.7 Å². The van der Waals surface area contributed by atoms with Crippen molar-refractivity contribution in [2.75, 3.05) is 13.7 Å². The van der Waals surface area contributed by atoms with Crippen LogP contribution >= 0.6 is 0 Å². The summed E-state index contributed by atoms with van der Waals surface area (Å²) in [5, 5.41) is 13.5. The van der Waals surface area contributed by atoms with E-state index in [1.807, 2.05) is 0 Å². The van der Waals surface area contributed by atoms with E-state index in [4.69, 9.17) is 9.47 Å². The molecule has 0 radical (unpaired) electrons. The summed E-state index contributed by atoms with van der Waals surface area (Å²) in [6.07, 6.45) is 3.07. The molecule has 0 spiro atoms. The number of amides is 1. The van der Waals surface area contributed by atoms with Gasteiger partial charge in [0.2, 0.25) is 0 Å².